The number of hydrogen-bond acceptors (Lipinski definition) is 11. The van der Waals surface area contributed by atoms with Crippen LogP contribution in [0.25, 0.3) is 11.2 Å². The lowest BCUT2D eigenvalue weighted by molar-refractivity contribution is -0.138. The van der Waals surface area contributed by atoms with E-state index in [9.17, 15) is 19.6 Å². The van der Waals surface area contributed by atoms with Crippen LogP contribution in [0.1, 0.15) is 13.2 Å². The molecule has 1 aliphatic rings. The summed E-state index contributed by atoms with van der Waals surface area (Å²) in [7, 11) is -2.78. The first-order chi connectivity index (χ1) is 17.4. The number of carbonyl (C=O) groups is 1. The van der Waals surface area contributed by atoms with Crippen LogP contribution in [-0.2, 0) is 18.6 Å². The number of nitrogens with one attached hydrogen (secondary N) is 2. The molecule has 3 heterocycles. The first-order valence-corrected chi connectivity index (χ1v) is 12.8. The number of anilines is 2. The average Bonchev–Trinajstić information content (AvgIpc) is 3.35. The van der Waals surface area contributed by atoms with Crippen molar-refractivity contribution < 1.29 is 37.7 Å². The van der Waals surface area contributed by atoms with Crippen LogP contribution in [0, 0.1) is 0 Å². The number of aliphatic hydroxyl groups excluding tert-OH is 1. The summed E-state index contributed by atoms with van der Waals surface area (Å²) < 4.78 is 46.5. The van der Waals surface area contributed by atoms with Crippen LogP contribution < -0.4 is 20.7 Å². The second-order valence-electron chi connectivity index (χ2n) is 8.04. The van der Waals surface area contributed by atoms with E-state index in [1.54, 1.807) is 25.2 Å². The van der Waals surface area contributed by atoms with Gasteiger partial charge in [0.15, 0.2) is 23.2 Å². The van der Waals surface area contributed by atoms with E-state index in [0.29, 0.717) is 0 Å². The monoisotopic (exact) mass is 559 g/mol. The number of nitrogens with two attached hydrogens (primary N) is 1. The molecule has 200 valence electrons. The van der Waals surface area contributed by atoms with Crippen molar-refractivity contribution in [1.82, 2.24) is 24.6 Å². The second-order valence-corrected chi connectivity index (χ2v) is 10.3. The van der Waals surface area contributed by atoms with E-state index in [1.807, 2.05) is 0 Å². The molecule has 0 spiro atoms. The zero-order chi connectivity index (χ0) is 27.0. The summed E-state index contributed by atoms with van der Waals surface area (Å²) in [5, 5.41) is 22.0. The van der Waals surface area contributed by atoms with Crippen molar-refractivity contribution in [3.8, 4) is 5.75 Å². The third-order valence-corrected chi connectivity index (χ3v) is 7.46. The number of imidazole rings is 1. The van der Waals surface area contributed by atoms with Gasteiger partial charge in [-0.3, -0.25) is 13.9 Å². The topological polar surface area (TPSA) is 196 Å². The maximum Gasteiger partial charge on any atom is 0.459 e. The molecule has 1 unspecified atom stereocenters. The Morgan fingerprint density at radius 1 is 1.41 bits per heavy atom. The zero-order valence-corrected chi connectivity index (χ0v) is 21.1. The highest BCUT2D eigenvalue weighted by Gasteiger charge is 2.58. The summed E-state index contributed by atoms with van der Waals surface area (Å²) in [5.41, 5.74) is 6.06. The first kappa shape index (κ1) is 27.0. The molecule has 0 amide bonds. The van der Waals surface area contributed by atoms with Gasteiger partial charge in [-0.2, -0.15) is 15.1 Å². The number of fused-ring (bicyclic) bond motifs is 1. The van der Waals surface area contributed by atoms with Gasteiger partial charge in [-0.25, -0.2) is 13.9 Å². The number of hydrogen-bond donors (Lipinski definition) is 5. The van der Waals surface area contributed by atoms with E-state index in [0.717, 1.165) is 4.57 Å². The number of nitrogen functional groups attached to an aromatic ring is 1. The Hall–Kier alpha value is -3.07. The maximum absolute atomic E-state index is 15.6. The Morgan fingerprint density at radius 2 is 2.11 bits per heavy atom. The van der Waals surface area contributed by atoms with Gasteiger partial charge in [0.1, 0.15) is 24.0 Å². The minimum atomic E-state index is -4.36. The molecule has 14 nitrogen and oxygen atoms in total. The lowest BCUT2D eigenvalue weighted by Crippen LogP contribution is -2.39. The van der Waals surface area contributed by atoms with Gasteiger partial charge in [-0.05, 0) is 19.1 Å². The molecule has 6 atom stereocenters. The van der Waals surface area contributed by atoms with Gasteiger partial charge in [0, 0.05) is 7.05 Å². The zero-order valence-electron chi connectivity index (χ0n) is 19.5. The van der Waals surface area contributed by atoms with Crippen LogP contribution in [0.4, 0.5) is 16.2 Å². The van der Waals surface area contributed by atoms with E-state index < -0.39 is 49.9 Å². The summed E-state index contributed by atoms with van der Waals surface area (Å²) in [6.07, 6.45) is -3.89. The fourth-order valence-corrected chi connectivity index (χ4v) is 5.36. The number of ether oxygens (including phenoxy) is 1. The smallest absolute Gasteiger partial charge is 0.459 e. The van der Waals surface area contributed by atoms with Crippen molar-refractivity contribution in [2.45, 2.75) is 36.5 Å². The normalized spacial score (nSPS) is 26.0. The largest absolute Gasteiger partial charge is 0.480 e. The van der Waals surface area contributed by atoms with Gasteiger partial charge in [-0.15, -0.1) is 0 Å². The van der Waals surface area contributed by atoms with E-state index in [4.69, 9.17) is 31.1 Å². The number of halogens is 2. The molecular formula is C20H24ClFN7O7P. The SMILES string of the molecule is CNc1nc(N)nc2c1ncn2[C@@H]1O[C@H](CO[P@@](=O)(NC(C)C(=O)O)Oc2ccccc2)[C@@H](O)[C@]1(F)Cl. The molecule has 1 aromatic carbocycles. The van der Waals surface area contributed by atoms with Gasteiger partial charge in [-0.1, -0.05) is 29.8 Å². The average molecular weight is 560 g/mol. The van der Waals surface area contributed by atoms with Gasteiger partial charge < -0.3 is 30.5 Å². The van der Waals surface area contributed by atoms with Crippen LogP contribution in [0.5, 0.6) is 5.75 Å². The molecular weight excluding hydrogens is 536 g/mol. The lowest BCUT2D eigenvalue weighted by Gasteiger charge is -2.24. The molecule has 1 fully saturated rings. The summed E-state index contributed by atoms with van der Waals surface area (Å²) in [6, 6.07) is 6.50. The van der Waals surface area contributed by atoms with Gasteiger partial charge in [0.25, 0.3) is 5.13 Å². The molecule has 37 heavy (non-hydrogen) atoms. The number of alkyl halides is 2. The minimum absolute atomic E-state index is 0.0772. The number of carboxylic acids is 1. The van der Waals surface area contributed by atoms with Gasteiger partial charge in [0.2, 0.25) is 5.95 Å². The van der Waals surface area contributed by atoms with Crippen LogP contribution in [0.2, 0.25) is 0 Å². The number of benzene rings is 1. The Morgan fingerprint density at radius 3 is 2.76 bits per heavy atom. The summed E-state index contributed by atoms with van der Waals surface area (Å²) >= 11 is 6.06. The van der Waals surface area contributed by atoms with E-state index in [1.165, 1.54) is 25.4 Å². The van der Waals surface area contributed by atoms with Crippen molar-refractivity contribution in [3.63, 3.8) is 0 Å². The molecule has 0 aliphatic carbocycles. The summed E-state index contributed by atoms with van der Waals surface area (Å²) in [4.78, 5) is 23.5. The third kappa shape index (κ3) is 5.46. The third-order valence-electron chi connectivity index (χ3n) is 5.41. The molecule has 17 heteroatoms. The van der Waals surface area contributed by atoms with Crippen LogP contribution >= 0.6 is 19.3 Å². The molecule has 1 saturated heterocycles. The number of para-hydroxylation sites is 1. The number of nitrogens with zero attached hydrogens (tertiary/aromatic N) is 4. The molecule has 1 aliphatic heterocycles. The summed E-state index contributed by atoms with van der Waals surface area (Å²) in [5.74, 6) is -1.07. The van der Waals surface area contributed by atoms with Gasteiger partial charge >= 0.3 is 13.7 Å². The molecule has 0 bridgehead atoms. The lowest BCUT2D eigenvalue weighted by atomic mass is 10.1. The quantitative estimate of drug-likeness (QED) is 0.178. The van der Waals surface area contributed by atoms with Crippen molar-refractivity contribution in [2.24, 2.45) is 0 Å². The van der Waals surface area contributed by atoms with Crippen LogP contribution in [0.15, 0.2) is 36.7 Å². The Bertz CT molecular complexity index is 1330. The highest BCUT2D eigenvalue weighted by atomic mass is 35.5. The van der Waals surface area contributed by atoms with Crippen molar-refractivity contribution in [2.75, 3.05) is 24.7 Å². The standard InChI is InChI=1S/C20H24ClFN7O7P/c1-10(17(31)32)28-37(33,36-11-6-4-3-5-7-11)34-8-12-14(30)20(21,22)18(35-12)29-9-25-13-15(24-2)26-19(23)27-16(13)29/h3-7,9-10,12,14,18,30H,8H2,1-2H3,(H,28,33)(H,31,32)(H3,23,24,26,27)/t10?,12-,14-,18-,20-,37+/m1/s1. The molecule has 3 aromatic rings. The molecule has 2 aromatic heterocycles. The highest BCUT2D eigenvalue weighted by molar-refractivity contribution is 7.52. The van der Waals surface area contributed by atoms with Crippen molar-refractivity contribution >= 4 is 48.2 Å². The second kappa shape index (κ2) is 10.4. The molecule has 6 N–H and O–H groups in total. The van der Waals surface area contributed by atoms with Crippen molar-refractivity contribution in [3.05, 3.63) is 36.7 Å². The number of aliphatic carboxylic acids is 1. The Balaban J connectivity index is 1.58. The van der Waals surface area contributed by atoms with Crippen molar-refractivity contribution in [1.29, 1.82) is 0 Å². The van der Waals surface area contributed by atoms with E-state index >= 15 is 4.39 Å². The van der Waals surface area contributed by atoms with Crippen LogP contribution in [-0.4, -0.2) is 72.7 Å². The number of rotatable bonds is 10. The predicted octanol–water partition coefficient (Wildman–Crippen LogP) is 1.88. The van der Waals surface area contributed by atoms with E-state index in [-0.39, 0.29) is 28.7 Å². The number of aromatic nitrogens is 4. The predicted molar refractivity (Wildman–Crippen MR) is 130 cm³/mol. The van der Waals surface area contributed by atoms with E-state index in [2.05, 4.69) is 25.4 Å². The number of carboxylic acid groups (broad SMARTS) is 1. The molecule has 0 radical (unpaired) electrons. The van der Waals surface area contributed by atoms with Gasteiger partial charge in [0.05, 0.1) is 12.9 Å². The Labute approximate surface area is 214 Å². The highest BCUT2D eigenvalue weighted by Crippen LogP contribution is 2.49. The van der Waals surface area contributed by atoms with Crippen LogP contribution in [0.3, 0.4) is 0 Å². The first-order valence-electron chi connectivity index (χ1n) is 10.8. The minimum Gasteiger partial charge on any atom is -0.480 e. The Kier molecular flexibility index (Phi) is 7.55. The number of aliphatic hydroxyl groups is 1. The molecule has 0 saturated carbocycles. The fourth-order valence-electron chi connectivity index (χ4n) is 3.56. The molecule has 4 rings (SSSR count). The summed E-state index contributed by atoms with van der Waals surface area (Å²) in [6.45, 7) is 0.539. The fraction of sp³-hybridized carbons (Fsp3) is 0.400. The maximum atomic E-state index is 15.6.